The number of halogens is 2. The summed E-state index contributed by atoms with van der Waals surface area (Å²) in [6, 6.07) is 13.1. The first-order valence-corrected chi connectivity index (χ1v) is 8.69. The van der Waals surface area contributed by atoms with Gasteiger partial charge in [-0.1, -0.05) is 30.3 Å². The maximum atomic E-state index is 13.1. The van der Waals surface area contributed by atoms with Crippen molar-refractivity contribution in [3.8, 4) is 5.75 Å². The minimum Gasteiger partial charge on any atom is -0.492 e. The molecule has 0 aliphatic carbocycles. The van der Waals surface area contributed by atoms with Crippen LogP contribution in [-0.2, 0) is 15.5 Å². The van der Waals surface area contributed by atoms with E-state index in [0.29, 0.717) is 13.0 Å². The topological polar surface area (TPSA) is 43.4 Å². The van der Waals surface area contributed by atoms with E-state index in [-0.39, 0.29) is 10.6 Å². The minimum absolute atomic E-state index is 0.0689. The first kappa shape index (κ1) is 15.8. The Kier molecular flexibility index (Phi) is 5.20. The number of benzene rings is 2. The molecule has 2 aromatic rings. The average Bonchev–Trinajstić information content (AvgIpc) is 2.45. The Morgan fingerprint density at radius 3 is 2.48 bits per heavy atom. The highest BCUT2D eigenvalue weighted by atomic mass is 35.7. The largest absolute Gasteiger partial charge is 0.492 e. The predicted molar refractivity (Wildman–Crippen MR) is 79.7 cm³/mol. The van der Waals surface area contributed by atoms with Crippen LogP contribution in [0.3, 0.4) is 0 Å². The van der Waals surface area contributed by atoms with E-state index in [1.54, 1.807) is 0 Å². The van der Waals surface area contributed by atoms with Gasteiger partial charge in [0.15, 0.2) is 0 Å². The molecule has 0 aliphatic rings. The van der Waals surface area contributed by atoms with Crippen molar-refractivity contribution in [2.75, 3.05) is 6.61 Å². The molecule has 0 atom stereocenters. The molecular weight excluding hydrogens is 315 g/mol. The SMILES string of the molecule is O=S(=O)(Cl)c1cc(F)ccc1OCCCc1ccccc1. The van der Waals surface area contributed by atoms with Crippen molar-refractivity contribution in [3.63, 3.8) is 0 Å². The predicted octanol–water partition coefficient (Wildman–Crippen LogP) is 3.76. The lowest BCUT2D eigenvalue weighted by Gasteiger charge is -2.09. The lowest BCUT2D eigenvalue weighted by molar-refractivity contribution is 0.302. The van der Waals surface area contributed by atoms with E-state index in [4.69, 9.17) is 15.4 Å². The van der Waals surface area contributed by atoms with E-state index in [9.17, 15) is 12.8 Å². The molecule has 21 heavy (non-hydrogen) atoms. The molecule has 0 heterocycles. The Morgan fingerprint density at radius 2 is 1.81 bits per heavy atom. The maximum absolute atomic E-state index is 13.1. The third-order valence-electron chi connectivity index (χ3n) is 2.88. The summed E-state index contributed by atoms with van der Waals surface area (Å²) in [6.45, 7) is 0.319. The number of ether oxygens (including phenoxy) is 1. The molecule has 0 unspecified atom stereocenters. The molecule has 0 fully saturated rings. The molecule has 0 spiro atoms. The van der Waals surface area contributed by atoms with Gasteiger partial charge in [-0.3, -0.25) is 0 Å². The van der Waals surface area contributed by atoms with Gasteiger partial charge in [0.05, 0.1) is 6.61 Å². The molecule has 2 rings (SSSR count). The van der Waals surface area contributed by atoms with E-state index in [2.05, 4.69) is 0 Å². The molecule has 0 amide bonds. The first-order chi connectivity index (χ1) is 9.97. The van der Waals surface area contributed by atoms with Crippen LogP contribution in [-0.4, -0.2) is 15.0 Å². The Hall–Kier alpha value is -1.59. The summed E-state index contributed by atoms with van der Waals surface area (Å²) in [7, 11) is 1.23. The molecule has 0 saturated heterocycles. The molecular formula is C15H14ClFO3S. The van der Waals surface area contributed by atoms with Crippen LogP contribution in [0.15, 0.2) is 53.4 Å². The van der Waals surface area contributed by atoms with E-state index in [1.807, 2.05) is 30.3 Å². The van der Waals surface area contributed by atoms with Crippen molar-refractivity contribution in [2.24, 2.45) is 0 Å². The van der Waals surface area contributed by atoms with E-state index < -0.39 is 14.9 Å². The van der Waals surface area contributed by atoms with Crippen molar-refractivity contribution >= 4 is 19.7 Å². The van der Waals surface area contributed by atoms with Gasteiger partial charge in [-0.25, -0.2) is 12.8 Å². The van der Waals surface area contributed by atoms with Crippen LogP contribution in [0.1, 0.15) is 12.0 Å². The van der Waals surface area contributed by atoms with Crippen molar-refractivity contribution < 1.29 is 17.5 Å². The summed E-state index contributed by atoms with van der Waals surface area (Å²) in [6.07, 6.45) is 1.52. The lowest BCUT2D eigenvalue weighted by Crippen LogP contribution is -2.03. The summed E-state index contributed by atoms with van der Waals surface area (Å²) in [5, 5.41) is 0. The summed E-state index contributed by atoms with van der Waals surface area (Å²) in [5.41, 5.74) is 1.17. The Bertz CT molecular complexity index is 702. The summed E-state index contributed by atoms with van der Waals surface area (Å²) in [4.78, 5) is -0.344. The van der Waals surface area contributed by atoms with Crippen LogP contribution in [0.2, 0.25) is 0 Å². The van der Waals surface area contributed by atoms with Gasteiger partial charge < -0.3 is 4.74 Å². The highest BCUT2D eigenvalue weighted by Crippen LogP contribution is 2.27. The summed E-state index contributed by atoms with van der Waals surface area (Å²) in [5.74, 6) is -0.606. The van der Waals surface area contributed by atoms with Crippen LogP contribution in [0.5, 0.6) is 5.75 Å². The number of rotatable bonds is 6. The van der Waals surface area contributed by atoms with E-state index >= 15 is 0 Å². The first-order valence-electron chi connectivity index (χ1n) is 6.38. The van der Waals surface area contributed by atoms with Gasteiger partial charge >= 0.3 is 0 Å². The molecule has 3 nitrogen and oxygen atoms in total. The summed E-state index contributed by atoms with van der Waals surface area (Å²) < 4.78 is 41.3. The van der Waals surface area contributed by atoms with Gasteiger partial charge in [-0.05, 0) is 36.6 Å². The fraction of sp³-hybridized carbons (Fsp3) is 0.200. The molecule has 0 saturated carbocycles. The van der Waals surface area contributed by atoms with Crippen LogP contribution >= 0.6 is 10.7 Å². The Morgan fingerprint density at radius 1 is 1.10 bits per heavy atom. The third-order valence-corrected chi connectivity index (χ3v) is 4.22. The highest BCUT2D eigenvalue weighted by molar-refractivity contribution is 8.13. The van der Waals surface area contributed by atoms with Crippen molar-refractivity contribution in [3.05, 3.63) is 59.9 Å². The zero-order chi connectivity index (χ0) is 15.3. The molecule has 0 radical (unpaired) electrons. The maximum Gasteiger partial charge on any atom is 0.265 e. The molecule has 0 bridgehead atoms. The monoisotopic (exact) mass is 328 g/mol. The zero-order valence-electron chi connectivity index (χ0n) is 11.1. The van der Waals surface area contributed by atoms with Crippen molar-refractivity contribution in [1.82, 2.24) is 0 Å². The van der Waals surface area contributed by atoms with Gasteiger partial charge in [-0.2, -0.15) is 0 Å². The average molecular weight is 329 g/mol. The number of hydrogen-bond donors (Lipinski definition) is 0. The Balaban J connectivity index is 1.98. The number of hydrogen-bond acceptors (Lipinski definition) is 3. The third kappa shape index (κ3) is 4.72. The molecule has 0 N–H and O–H groups in total. The van der Waals surface area contributed by atoms with Gasteiger partial charge in [-0.15, -0.1) is 0 Å². The molecule has 0 aliphatic heterocycles. The summed E-state index contributed by atoms with van der Waals surface area (Å²) >= 11 is 0. The van der Waals surface area contributed by atoms with Gasteiger partial charge in [0, 0.05) is 10.7 Å². The van der Waals surface area contributed by atoms with Crippen LogP contribution < -0.4 is 4.74 Å². The number of aryl methyl sites for hydroxylation is 1. The lowest BCUT2D eigenvalue weighted by atomic mass is 10.1. The molecule has 2 aromatic carbocycles. The van der Waals surface area contributed by atoms with Crippen molar-refractivity contribution in [2.45, 2.75) is 17.7 Å². The fourth-order valence-electron chi connectivity index (χ4n) is 1.89. The van der Waals surface area contributed by atoms with Gasteiger partial charge in [0.1, 0.15) is 16.5 Å². The van der Waals surface area contributed by atoms with Crippen LogP contribution in [0.25, 0.3) is 0 Å². The van der Waals surface area contributed by atoms with Gasteiger partial charge in [0.25, 0.3) is 9.05 Å². The van der Waals surface area contributed by atoms with E-state index in [0.717, 1.165) is 18.6 Å². The second-order valence-corrected chi connectivity index (χ2v) is 7.00. The van der Waals surface area contributed by atoms with Crippen LogP contribution in [0.4, 0.5) is 4.39 Å². The van der Waals surface area contributed by atoms with Gasteiger partial charge in [0.2, 0.25) is 0 Å². The highest BCUT2D eigenvalue weighted by Gasteiger charge is 2.17. The second kappa shape index (κ2) is 6.91. The van der Waals surface area contributed by atoms with Crippen LogP contribution in [0, 0.1) is 5.82 Å². The quantitative estimate of drug-likeness (QED) is 0.599. The van der Waals surface area contributed by atoms with E-state index in [1.165, 1.54) is 11.6 Å². The molecule has 112 valence electrons. The normalized spacial score (nSPS) is 11.3. The minimum atomic E-state index is -4.04. The Labute approximate surface area is 127 Å². The standard InChI is InChI=1S/C15H14ClFO3S/c16-21(18,19)15-11-13(17)8-9-14(15)20-10-4-7-12-5-2-1-3-6-12/h1-3,5-6,8-9,11H,4,7,10H2. The van der Waals surface area contributed by atoms with Crippen molar-refractivity contribution in [1.29, 1.82) is 0 Å². The zero-order valence-corrected chi connectivity index (χ0v) is 12.7. The smallest absolute Gasteiger partial charge is 0.265 e. The fourth-order valence-corrected chi connectivity index (χ4v) is 2.88. The molecule has 6 heteroatoms. The molecule has 0 aromatic heterocycles. The second-order valence-electron chi connectivity index (χ2n) is 4.47.